The van der Waals surface area contributed by atoms with Gasteiger partial charge in [-0.05, 0) is 42.8 Å². The van der Waals surface area contributed by atoms with E-state index in [9.17, 15) is 9.59 Å². The third-order valence-corrected chi connectivity index (χ3v) is 4.97. The van der Waals surface area contributed by atoms with E-state index in [1.807, 2.05) is 19.1 Å². The summed E-state index contributed by atoms with van der Waals surface area (Å²) in [5.41, 5.74) is 1.47. The molecule has 0 fully saturated rings. The molecule has 0 radical (unpaired) electrons. The number of fused-ring (bicyclic) bond motifs is 1. The van der Waals surface area contributed by atoms with Gasteiger partial charge in [-0.25, -0.2) is 0 Å². The molecule has 1 unspecified atom stereocenters. The summed E-state index contributed by atoms with van der Waals surface area (Å²) in [4.78, 5) is 28.1. The number of hydrogen-bond acceptors (Lipinski definition) is 3. The number of likely N-dealkylation sites (N-methyl/N-ethyl adjacent to an activating group) is 1. The molecule has 7 heteroatoms. The molecule has 2 amide bonds. The first kappa shape index (κ1) is 18.5. The lowest BCUT2D eigenvalue weighted by molar-refractivity contribution is -0.132. The predicted molar refractivity (Wildman–Crippen MR) is 102 cm³/mol. The first-order valence-corrected chi connectivity index (χ1v) is 8.86. The van der Waals surface area contributed by atoms with E-state index in [4.69, 9.17) is 27.9 Å². The number of anilines is 1. The van der Waals surface area contributed by atoms with Crippen molar-refractivity contribution in [3.8, 4) is 5.75 Å². The minimum absolute atomic E-state index is 0.0794. The van der Waals surface area contributed by atoms with Crippen LogP contribution in [0.25, 0.3) is 0 Å². The van der Waals surface area contributed by atoms with Crippen LogP contribution in [0.1, 0.15) is 18.5 Å². The normalized spacial score (nSPS) is 14.5. The van der Waals surface area contributed by atoms with E-state index in [0.29, 0.717) is 21.5 Å². The van der Waals surface area contributed by atoms with E-state index in [1.54, 1.807) is 42.3 Å². The standard InChI is InChI=1S/C19H18Cl2N2O3/c1-12(13-3-5-14(20)6-4-13)22(2)18(24)10-23-16-9-15(21)7-8-17(16)26-11-19(23)25/h3-9,12H,10-11H2,1-2H3. The van der Waals surface area contributed by atoms with Gasteiger partial charge in [0.15, 0.2) is 6.61 Å². The maximum atomic E-state index is 12.8. The van der Waals surface area contributed by atoms with Gasteiger partial charge in [0, 0.05) is 17.1 Å². The number of ether oxygens (including phenoxy) is 1. The Bertz CT molecular complexity index is 839. The van der Waals surface area contributed by atoms with Crippen molar-refractivity contribution in [1.29, 1.82) is 0 Å². The molecule has 2 aromatic rings. The van der Waals surface area contributed by atoms with Gasteiger partial charge in [0.25, 0.3) is 5.91 Å². The lowest BCUT2D eigenvalue weighted by atomic mass is 10.1. The van der Waals surface area contributed by atoms with Gasteiger partial charge in [0.2, 0.25) is 5.91 Å². The van der Waals surface area contributed by atoms with Crippen molar-refractivity contribution >= 4 is 40.7 Å². The molecule has 1 atom stereocenters. The van der Waals surface area contributed by atoms with Crippen molar-refractivity contribution in [2.75, 3.05) is 25.1 Å². The molecule has 3 rings (SSSR count). The summed E-state index contributed by atoms with van der Waals surface area (Å²) >= 11 is 11.9. The minimum atomic E-state index is -0.277. The third-order valence-electron chi connectivity index (χ3n) is 4.48. The van der Waals surface area contributed by atoms with Crippen molar-refractivity contribution in [2.24, 2.45) is 0 Å². The predicted octanol–water partition coefficient (Wildman–Crippen LogP) is 3.94. The van der Waals surface area contributed by atoms with Gasteiger partial charge in [0.05, 0.1) is 11.7 Å². The van der Waals surface area contributed by atoms with Crippen LogP contribution < -0.4 is 9.64 Å². The summed E-state index contributed by atoms with van der Waals surface area (Å²) in [6, 6.07) is 12.2. The van der Waals surface area contributed by atoms with Crippen LogP contribution in [0, 0.1) is 0 Å². The summed E-state index contributed by atoms with van der Waals surface area (Å²) in [5.74, 6) is 0.0736. The van der Waals surface area contributed by atoms with Crippen molar-refractivity contribution in [1.82, 2.24) is 4.90 Å². The van der Waals surface area contributed by atoms with Crippen LogP contribution in [0.5, 0.6) is 5.75 Å². The highest BCUT2D eigenvalue weighted by Crippen LogP contribution is 2.34. The summed E-state index contributed by atoms with van der Waals surface area (Å²) < 4.78 is 5.40. The number of rotatable bonds is 4. The molecule has 0 aliphatic carbocycles. The van der Waals surface area contributed by atoms with Gasteiger partial charge in [-0.2, -0.15) is 0 Å². The lowest BCUT2D eigenvalue weighted by Gasteiger charge is -2.32. The van der Waals surface area contributed by atoms with E-state index in [0.717, 1.165) is 5.56 Å². The lowest BCUT2D eigenvalue weighted by Crippen LogP contribution is -2.46. The fourth-order valence-electron chi connectivity index (χ4n) is 2.78. The zero-order valence-corrected chi connectivity index (χ0v) is 15.9. The molecular formula is C19H18Cl2N2O3. The average molecular weight is 393 g/mol. The van der Waals surface area contributed by atoms with Crippen LogP contribution in [0.3, 0.4) is 0 Å². The monoisotopic (exact) mass is 392 g/mol. The molecule has 0 saturated heterocycles. The fraction of sp³-hybridized carbons (Fsp3) is 0.263. The van der Waals surface area contributed by atoms with Gasteiger partial charge in [0.1, 0.15) is 12.3 Å². The van der Waals surface area contributed by atoms with Gasteiger partial charge >= 0.3 is 0 Å². The van der Waals surface area contributed by atoms with Gasteiger partial charge in [-0.1, -0.05) is 35.3 Å². The minimum Gasteiger partial charge on any atom is -0.482 e. The van der Waals surface area contributed by atoms with E-state index >= 15 is 0 Å². The fourth-order valence-corrected chi connectivity index (χ4v) is 3.07. The third kappa shape index (κ3) is 3.79. The van der Waals surface area contributed by atoms with Gasteiger partial charge in [-0.3, -0.25) is 14.5 Å². The first-order chi connectivity index (χ1) is 12.4. The molecule has 0 saturated carbocycles. The summed E-state index contributed by atoms with van der Waals surface area (Å²) in [7, 11) is 1.71. The molecule has 26 heavy (non-hydrogen) atoms. The number of benzene rings is 2. The molecule has 5 nitrogen and oxygen atoms in total. The Balaban J connectivity index is 1.78. The Morgan fingerprint density at radius 2 is 1.85 bits per heavy atom. The number of hydrogen-bond donors (Lipinski definition) is 0. The summed E-state index contributed by atoms with van der Waals surface area (Å²) in [6.45, 7) is 1.75. The molecule has 1 heterocycles. The Morgan fingerprint density at radius 1 is 1.19 bits per heavy atom. The molecule has 0 aromatic heterocycles. The topological polar surface area (TPSA) is 49.9 Å². The second kappa shape index (κ2) is 7.56. The molecule has 0 N–H and O–H groups in total. The van der Waals surface area contributed by atoms with Crippen molar-refractivity contribution in [3.05, 3.63) is 58.1 Å². The van der Waals surface area contributed by atoms with Gasteiger partial charge in [-0.15, -0.1) is 0 Å². The van der Waals surface area contributed by atoms with E-state index in [-0.39, 0.29) is 31.0 Å². The highest BCUT2D eigenvalue weighted by atomic mass is 35.5. The largest absolute Gasteiger partial charge is 0.482 e. The van der Waals surface area contributed by atoms with Crippen LogP contribution >= 0.6 is 23.2 Å². The molecule has 1 aliphatic rings. The highest BCUT2D eigenvalue weighted by molar-refractivity contribution is 6.31. The second-order valence-corrected chi connectivity index (χ2v) is 6.99. The smallest absolute Gasteiger partial charge is 0.265 e. The second-order valence-electron chi connectivity index (χ2n) is 6.11. The first-order valence-electron chi connectivity index (χ1n) is 8.10. The highest BCUT2D eigenvalue weighted by Gasteiger charge is 2.29. The molecule has 2 aromatic carbocycles. The number of halogens is 2. The van der Waals surface area contributed by atoms with E-state index in [2.05, 4.69) is 0 Å². The van der Waals surface area contributed by atoms with Crippen molar-refractivity contribution in [3.63, 3.8) is 0 Å². The summed E-state index contributed by atoms with van der Waals surface area (Å²) in [6.07, 6.45) is 0. The summed E-state index contributed by atoms with van der Waals surface area (Å²) in [5, 5.41) is 1.12. The number of nitrogens with zero attached hydrogens (tertiary/aromatic N) is 2. The SMILES string of the molecule is CC(c1ccc(Cl)cc1)N(C)C(=O)CN1C(=O)COc2ccc(Cl)cc21. The Hall–Kier alpha value is -2.24. The van der Waals surface area contributed by atoms with Gasteiger partial charge < -0.3 is 9.64 Å². The average Bonchev–Trinajstić information content (AvgIpc) is 2.63. The molecule has 0 bridgehead atoms. The Kier molecular flexibility index (Phi) is 5.39. The number of amides is 2. The maximum Gasteiger partial charge on any atom is 0.265 e. The quantitative estimate of drug-likeness (QED) is 0.791. The van der Waals surface area contributed by atoms with Crippen LogP contribution in [0.15, 0.2) is 42.5 Å². The van der Waals surface area contributed by atoms with E-state index < -0.39 is 0 Å². The molecular weight excluding hydrogens is 375 g/mol. The zero-order valence-electron chi connectivity index (χ0n) is 14.4. The molecule has 136 valence electrons. The number of carbonyl (C=O) groups excluding carboxylic acids is 2. The van der Waals surface area contributed by atoms with Crippen LogP contribution in [0.4, 0.5) is 5.69 Å². The Labute approximate surface area is 162 Å². The maximum absolute atomic E-state index is 12.8. The van der Waals surface area contributed by atoms with E-state index in [1.165, 1.54) is 4.90 Å². The van der Waals surface area contributed by atoms with Crippen LogP contribution in [-0.4, -0.2) is 36.9 Å². The van der Waals surface area contributed by atoms with Crippen molar-refractivity contribution in [2.45, 2.75) is 13.0 Å². The Morgan fingerprint density at radius 3 is 2.54 bits per heavy atom. The van der Waals surface area contributed by atoms with Crippen LogP contribution in [-0.2, 0) is 9.59 Å². The zero-order chi connectivity index (χ0) is 18.8. The number of carbonyl (C=O) groups is 2. The molecule has 0 spiro atoms. The molecule has 1 aliphatic heterocycles. The van der Waals surface area contributed by atoms with Crippen molar-refractivity contribution < 1.29 is 14.3 Å². The van der Waals surface area contributed by atoms with Crippen LogP contribution in [0.2, 0.25) is 10.0 Å².